The minimum atomic E-state index is -6.14. The van der Waals surface area contributed by atoms with E-state index in [1.807, 2.05) is 18.3 Å². The van der Waals surface area contributed by atoms with Crippen LogP contribution < -0.4 is 20.9 Å². The van der Waals surface area contributed by atoms with Gasteiger partial charge in [-0.1, -0.05) is 79.9 Å². The molecule has 2 heterocycles. The first-order chi connectivity index (χ1) is 30.1. The Hall–Kier alpha value is -6.52. The van der Waals surface area contributed by atoms with E-state index in [1.165, 1.54) is 6.07 Å². The standard InChI is InChI=1S/C48H37F12N3O2/c1-7-27-16-28(18-29(17-27)24(2)3)23-62(6)32-10-14-35(40(21-32)45(49,50)51)36-15-11-33(22-41(36)46(52,53)54)63-25(4)34-12-8-30(19-38(34)26(63)5)44(47(55,56)57,48(58,59)60)31-9-13-37-39(20-31)43(65)61-42(37)64/h7-16,19-22,28-29H,1-2,4-5,17-18,23H2,3,6H3,(H,61,64,65). The number of imide groups is 1. The normalized spacial score (nSPS) is 17.2. The van der Waals surface area contributed by atoms with Gasteiger partial charge in [0.15, 0.2) is 0 Å². The lowest BCUT2D eigenvalue weighted by Crippen LogP contribution is -2.54. The van der Waals surface area contributed by atoms with Gasteiger partial charge in [-0.3, -0.25) is 14.9 Å². The average Bonchev–Trinajstić information content (AvgIpc) is 3.64. The van der Waals surface area contributed by atoms with E-state index < -0.39 is 103 Å². The Kier molecular flexibility index (Phi) is 11.3. The summed E-state index contributed by atoms with van der Waals surface area (Å²) in [5.74, 6) is -2.23. The lowest BCUT2D eigenvalue weighted by Gasteiger charge is -2.38. The van der Waals surface area contributed by atoms with Gasteiger partial charge in [-0.2, -0.15) is 52.7 Å². The number of fused-ring (bicyclic) bond motifs is 2. The van der Waals surface area contributed by atoms with Crippen LogP contribution in [0.3, 0.4) is 0 Å². The summed E-state index contributed by atoms with van der Waals surface area (Å²) in [4.78, 5) is 26.0. The smallest absolute Gasteiger partial charge is 0.374 e. The van der Waals surface area contributed by atoms with Crippen LogP contribution in [0.4, 0.5) is 58.4 Å². The molecule has 2 aliphatic rings. The lowest BCUT2D eigenvalue weighted by molar-refractivity contribution is -0.288. The van der Waals surface area contributed by atoms with Crippen LogP contribution in [0.1, 0.15) is 62.7 Å². The molecule has 2 amide bonds. The Balaban J connectivity index is 1.33. The molecular formula is C48H37F12N3O2. The summed E-state index contributed by atoms with van der Waals surface area (Å²) in [6.45, 7) is 17.6. The van der Waals surface area contributed by atoms with Crippen molar-refractivity contribution in [3.05, 3.63) is 153 Å². The van der Waals surface area contributed by atoms with Gasteiger partial charge in [-0.05, 0) is 96.3 Å². The first-order valence-corrected chi connectivity index (χ1v) is 19.7. The van der Waals surface area contributed by atoms with Gasteiger partial charge in [0.05, 0.1) is 22.3 Å². The molecule has 7 rings (SSSR count). The van der Waals surface area contributed by atoms with Crippen LogP contribution in [0.2, 0.25) is 0 Å². The summed E-state index contributed by atoms with van der Waals surface area (Å²) in [7, 11) is 1.57. The first-order valence-electron chi connectivity index (χ1n) is 19.7. The first kappa shape index (κ1) is 46.5. The molecule has 65 heavy (non-hydrogen) atoms. The highest BCUT2D eigenvalue weighted by atomic mass is 19.4. The van der Waals surface area contributed by atoms with Crippen molar-refractivity contribution < 1.29 is 62.3 Å². The summed E-state index contributed by atoms with van der Waals surface area (Å²) in [5.41, 5.74) is -11.9. The number of rotatable bonds is 9. The second-order valence-electron chi connectivity index (χ2n) is 16.3. The number of hydrogen-bond acceptors (Lipinski definition) is 3. The van der Waals surface area contributed by atoms with E-state index in [9.17, 15) is 35.9 Å². The largest absolute Gasteiger partial charge is 0.417 e. The Morgan fingerprint density at radius 2 is 1.26 bits per heavy atom. The highest BCUT2D eigenvalue weighted by Gasteiger charge is 2.72. The zero-order valence-electron chi connectivity index (χ0n) is 34.4. The second-order valence-corrected chi connectivity index (χ2v) is 16.3. The molecular weight excluding hydrogens is 879 g/mol. The van der Waals surface area contributed by atoms with Crippen LogP contribution in [-0.4, -0.2) is 42.3 Å². The van der Waals surface area contributed by atoms with Crippen molar-refractivity contribution in [1.82, 2.24) is 9.88 Å². The van der Waals surface area contributed by atoms with Crippen molar-refractivity contribution in [2.24, 2.45) is 11.8 Å². The van der Waals surface area contributed by atoms with Crippen LogP contribution in [0.15, 0.2) is 109 Å². The molecule has 1 N–H and O–H groups in total. The number of allylic oxidation sites excluding steroid dienone is 3. The van der Waals surface area contributed by atoms with Gasteiger partial charge in [0.2, 0.25) is 5.41 Å². The number of hydrogen-bond donors (Lipinski definition) is 1. The second kappa shape index (κ2) is 15.9. The van der Waals surface area contributed by atoms with Gasteiger partial charge in [-0.15, -0.1) is 0 Å². The van der Waals surface area contributed by atoms with Crippen molar-refractivity contribution in [3.8, 4) is 16.8 Å². The van der Waals surface area contributed by atoms with Gasteiger partial charge in [0.1, 0.15) is 0 Å². The minimum absolute atomic E-state index is 0.0795. The summed E-state index contributed by atoms with van der Waals surface area (Å²) in [5, 5.41) is 0.669. The molecule has 340 valence electrons. The zero-order chi connectivity index (χ0) is 47.9. The quantitative estimate of drug-likeness (QED) is 0.0911. The Bertz CT molecular complexity index is 2940. The molecule has 5 nitrogen and oxygen atoms in total. The fourth-order valence-electron chi connectivity index (χ4n) is 9.03. The fraction of sp³-hybridized carbons (Fsp3) is 0.250. The highest BCUT2D eigenvalue weighted by Crippen LogP contribution is 2.57. The number of halogens is 12. The molecule has 1 aromatic heterocycles. The summed E-state index contributed by atoms with van der Waals surface area (Å²) in [6.07, 6.45) is -17.6. The predicted molar refractivity (Wildman–Crippen MR) is 223 cm³/mol. The number of aromatic nitrogens is 1. The van der Waals surface area contributed by atoms with Crippen LogP contribution in [0, 0.1) is 11.8 Å². The Morgan fingerprint density at radius 1 is 0.723 bits per heavy atom. The number of nitrogens with one attached hydrogen (secondary N) is 1. The van der Waals surface area contributed by atoms with E-state index in [4.69, 9.17) is 0 Å². The third kappa shape index (κ3) is 7.92. The maximum Gasteiger partial charge on any atom is 0.417 e. The molecule has 1 aliphatic heterocycles. The molecule has 0 saturated carbocycles. The number of alkyl halides is 12. The molecule has 0 saturated heterocycles. The number of amides is 2. The van der Waals surface area contributed by atoms with Gasteiger partial charge in [0, 0.05) is 46.4 Å². The summed E-state index contributed by atoms with van der Waals surface area (Å²) >= 11 is 0. The van der Waals surface area contributed by atoms with Gasteiger partial charge in [-0.25, -0.2) is 0 Å². The number of carbonyl (C=O) groups is 2. The van der Waals surface area contributed by atoms with Gasteiger partial charge in [0.25, 0.3) is 11.8 Å². The van der Waals surface area contributed by atoms with Crippen LogP contribution in [-0.2, 0) is 17.8 Å². The third-order valence-corrected chi connectivity index (χ3v) is 12.2. The van der Waals surface area contributed by atoms with E-state index in [-0.39, 0.29) is 34.8 Å². The number of nitrogens with zero attached hydrogens (tertiary/aromatic N) is 2. The molecule has 4 aromatic carbocycles. The Labute approximate surface area is 363 Å². The molecule has 17 heteroatoms. The maximum absolute atomic E-state index is 15.2. The monoisotopic (exact) mass is 915 g/mol. The molecule has 2 unspecified atom stereocenters. The topological polar surface area (TPSA) is 54.3 Å². The van der Waals surface area contributed by atoms with E-state index in [0.717, 1.165) is 52.5 Å². The van der Waals surface area contributed by atoms with Crippen molar-refractivity contribution in [1.29, 1.82) is 0 Å². The van der Waals surface area contributed by atoms with Crippen molar-refractivity contribution in [2.75, 3.05) is 18.5 Å². The van der Waals surface area contributed by atoms with E-state index >= 15 is 26.3 Å². The van der Waals surface area contributed by atoms with Crippen LogP contribution >= 0.6 is 0 Å². The summed E-state index contributed by atoms with van der Waals surface area (Å²) < 4.78 is 181. The highest BCUT2D eigenvalue weighted by molar-refractivity contribution is 6.21. The van der Waals surface area contributed by atoms with Crippen LogP contribution in [0.5, 0.6) is 0 Å². The summed E-state index contributed by atoms with van der Waals surface area (Å²) in [6, 6.07) is 8.54. The minimum Gasteiger partial charge on any atom is -0.374 e. The average molecular weight is 916 g/mol. The van der Waals surface area contributed by atoms with Crippen molar-refractivity contribution in [3.63, 3.8) is 0 Å². The Morgan fingerprint density at radius 3 is 1.85 bits per heavy atom. The van der Waals surface area contributed by atoms with E-state index in [0.29, 0.717) is 42.8 Å². The molecule has 2 atom stereocenters. The number of anilines is 1. The molecule has 0 fully saturated rings. The van der Waals surface area contributed by atoms with Crippen molar-refractivity contribution >= 4 is 41.4 Å². The molecule has 0 spiro atoms. The number of carbonyl (C=O) groups excluding carboxylic acids is 2. The fourth-order valence-corrected chi connectivity index (χ4v) is 9.03. The molecule has 1 aliphatic carbocycles. The molecule has 5 aromatic rings. The van der Waals surface area contributed by atoms with Crippen LogP contribution in [0.25, 0.3) is 40.7 Å². The lowest BCUT2D eigenvalue weighted by atomic mass is 9.72. The number of benzene rings is 4. The maximum atomic E-state index is 15.2. The predicted octanol–water partition coefficient (Wildman–Crippen LogP) is 11.6. The van der Waals surface area contributed by atoms with Crippen molar-refractivity contribution in [2.45, 2.75) is 49.9 Å². The third-order valence-electron chi connectivity index (χ3n) is 12.2. The molecule has 0 bridgehead atoms. The molecule has 0 radical (unpaired) electrons. The van der Waals surface area contributed by atoms with Gasteiger partial charge >= 0.3 is 24.7 Å². The zero-order valence-corrected chi connectivity index (χ0v) is 34.4. The SMILES string of the molecule is C=CC1=CC(CN(C)c2ccc(-c3ccc(-n4c(=C)c5ccc(C(c6ccc7c(c6)C(=O)NC7=O)(C(F)(F)F)C(F)(F)F)cc5c4=C)cc3C(F)(F)F)c(C(F)(F)F)c2)CC(C(=C)C)C1. The van der Waals surface area contributed by atoms with E-state index in [1.54, 1.807) is 18.0 Å². The van der Waals surface area contributed by atoms with Gasteiger partial charge < -0.3 is 9.47 Å². The van der Waals surface area contributed by atoms with E-state index in [2.05, 4.69) is 26.3 Å².